The summed E-state index contributed by atoms with van der Waals surface area (Å²) in [6.45, 7) is 0. The fourth-order valence-corrected chi connectivity index (χ4v) is 3.45. The third kappa shape index (κ3) is 2.99. The van der Waals surface area contributed by atoms with Gasteiger partial charge in [-0.2, -0.15) is 0 Å². The average molecular weight is 296 g/mol. The monoisotopic (exact) mass is 296 g/mol. The lowest BCUT2D eigenvalue weighted by atomic mass is 10.1. The van der Waals surface area contributed by atoms with E-state index in [1.165, 1.54) is 24.3 Å². The number of benzene rings is 1. The van der Waals surface area contributed by atoms with E-state index in [0.717, 1.165) is 0 Å². The van der Waals surface area contributed by atoms with Gasteiger partial charge in [0, 0.05) is 12.1 Å². The van der Waals surface area contributed by atoms with Crippen LogP contribution in [0.1, 0.15) is 5.56 Å². The second kappa shape index (κ2) is 4.75. The minimum Gasteiger partial charge on any atom is -0.399 e. The molecule has 18 heavy (non-hydrogen) atoms. The van der Waals surface area contributed by atoms with Crippen LogP contribution in [0.2, 0.25) is 0 Å². The highest BCUT2D eigenvalue weighted by Crippen LogP contribution is 2.66. The fraction of sp³-hybridized carbons (Fsp3) is 0.250. The van der Waals surface area contributed by atoms with Crippen molar-refractivity contribution in [2.75, 3.05) is 5.73 Å². The van der Waals surface area contributed by atoms with Gasteiger partial charge >= 0.3 is 15.2 Å². The summed E-state index contributed by atoms with van der Waals surface area (Å²) in [6.07, 6.45) is -0.665. The maximum atomic E-state index is 11.2. The topological polar surface area (TPSA) is 167 Å². The van der Waals surface area contributed by atoms with Crippen LogP contribution in [0.3, 0.4) is 0 Å². The van der Waals surface area contributed by atoms with Gasteiger partial charge in [-0.3, -0.25) is 9.13 Å². The van der Waals surface area contributed by atoms with Crippen molar-refractivity contribution < 1.29 is 28.7 Å². The van der Waals surface area contributed by atoms with E-state index in [1.807, 2.05) is 0 Å². The fourth-order valence-electron chi connectivity index (χ4n) is 1.31. The lowest BCUT2D eigenvalue weighted by molar-refractivity contribution is 0.307. The van der Waals surface area contributed by atoms with Gasteiger partial charge in [-0.15, -0.1) is 0 Å². The molecule has 102 valence electrons. The molecule has 0 heterocycles. The van der Waals surface area contributed by atoms with Gasteiger partial charge in [-0.1, -0.05) is 12.1 Å². The van der Waals surface area contributed by atoms with E-state index < -0.39 is 26.6 Å². The van der Waals surface area contributed by atoms with Gasteiger partial charge in [0.1, 0.15) is 0 Å². The normalized spacial score (nSPS) is 13.6. The first-order valence-corrected chi connectivity index (χ1v) is 7.94. The van der Waals surface area contributed by atoms with E-state index in [9.17, 15) is 9.13 Å². The molecule has 8 N–H and O–H groups in total. The highest BCUT2D eigenvalue weighted by atomic mass is 31.2. The second-order valence-electron chi connectivity index (χ2n) is 3.88. The largest absolute Gasteiger partial charge is 0.399 e. The molecule has 0 amide bonds. The van der Waals surface area contributed by atoms with Crippen molar-refractivity contribution in [3.63, 3.8) is 0 Å². The van der Waals surface area contributed by atoms with Crippen LogP contribution in [0.4, 0.5) is 5.69 Å². The van der Waals surface area contributed by atoms with Gasteiger partial charge < -0.3 is 31.0 Å². The number of rotatable bonds is 4. The van der Waals surface area contributed by atoms with Crippen molar-refractivity contribution >= 4 is 20.9 Å². The van der Waals surface area contributed by atoms with Crippen LogP contribution in [0, 0.1) is 0 Å². The summed E-state index contributed by atoms with van der Waals surface area (Å²) in [7, 11) is -10.4. The van der Waals surface area contributed by atoms with Crippen LogP contribution in [-0.4, -0.2) is 24.6 Å². The van der Waals surface area contributed by atoms with Gasteiger partial charge in [0.25, 0.3) is 0 Å². The van der Waals surface area contributed by atoms with E-state index in [-0.39, 0.29) is 5.56 Å². The van der Waals surface area contributed by atoms with E-state index in [2.05, 4.69) is 0 Å². The zero-order valence-corrected chi connectivity index (χ0v) is 11.0. The Morgan fingerprint density at radius 1 is 1.00 bits per heavy atom. The van der Waals surface area contributed by atoms with Gasteiger partial charge in [0.15, 0.2) is 0 Å². The first kappa shape index (κ1) is 15.3. The lowest BCUT2D eigenvalue weighted by Crippen LogP contribution is -2.41. The Morgan fingerprint density at radius 3 is 1.72 bits per heavy atom. The molecule has 0 saturated heterocycles. The molecule has 8 nitrogen and oxygen atoms in total. The van der Waals surface area contributed by atoms with Crippen molar-refractivity contribution in [1.82, 2.24) is 0 Å². The third-order valence-corrected chi connectivity index (χ3v) is 6.35. The molecule has 0 atom stereocenters. The molecule has 1 aromatic carbocycles. The Bertz CT molecular complexity index is 497. The minimum absolute atomic E-state index is 0.262. The Labute approximate surface area is 103 Å². The summed E-state index contributed by atoms with van der Waals surface area (Å²) in [5.41, 5.74) is 11.4. The van der Waals surface area contributed by atoms with Gasteiger partial charge in [-0.05, 0) is 17.7 Å². The van der Waals surface area contributed by atoms with E-state index in [4.69, 9.17) is 31.0 Å². The van der Waals surface area contributed by atoms with E-state index in [0.29, 0.717) is 5.69 Å². The highest BCUT2D eigenvalue weighted by molar-refractivity contribution is 7.72. The zero-order valence-electron chi connectivity index (χ0n) is 9.17. The predicted molar refractivity (Wildman–Crippen MR) is 65.6 cm³/mol. The Kier molecular flexibility index (Phi) is 4.05. The molecule has 0 unspecified atom stereocenters. The molecule has 0 aromatic heterocycles. The zero-order chi connectivity index (χ0) is 14.2. The summed E-state index contributed by atoms with van der Waals surface area (Å²) >= 11 is 0. The smallest absolute Gasteiger partial charge is 0.357 e. The average Bonchev–Trinajstić information content (AvgIpc) is 2.18. The van der Waals surface area contributed by atoms with Gasteiger partial charge in [0.05, 0.1) is 0 Å². The van der Waals surface area contributed by atoms with Crippen LogP contribution in [-0.2, 0) is 15.6 Å². The molecule has 0 aliphatic rings. The molecule has 1 rings (SSSR count). The molecule has 0 radical (unpaired) electrons. The molecule has 1 aromatic rings. The van der Waals surface area contributed by atoms with Gasteiger partial charge in [0.2, 0.25) is 5.02 Å². The van der Waals surface area contributed by atoms with Crippen molar-refractivity contribution in [3.05, 3.63) is 29.8 Å². The Hall–Kier alpha value is -0.720. The summed E-state index contributed by atoms with van der Waals surface area (Å²) < 4.78 is 22.4. The number of hydrogen-bond acceptors (Lipinski definition) is 4. The van der Waals surface area contributed by atoms with Crippen molar-refractivity contribution in [1.29, 1.82) is 0 Å². The molecule has 0 spiro atoms. The van der Waals surface area contributed by atoms with Crippen LogP contribution in [0.15, 0.2) is 24.3 Å². The maximum Gasteiger partial charge on any atom is 0.357 e. The number of nitrogen functional groups attached to an aromatic ring is 1. The van der Waals surface area contributed by atoms with Crippen molar-refractivity contribution in [2.45, 2.75) is 11.4 Å². The summed E-state index contributed by atoms with van der Waals surface area (Å²) in [5.74, 6) is 0. The number of nitrogens with two attached hydrogens (primary N) is 2. The molecule has 0 fully saturated rings. The van der Waals surface area contributed by atoms with E-state index in [1.54, 1.807) is 0 Å². The Balaban J connectivity index is 3.20. The molecule has 10 heteroatoms. The highest BCUT2D eigenvalue weighted by Gasteiger charge is 2.57. The third-order valence-electron chi connectivity index (χ3n) is 2.45. The first-order valence-electron chi connectivity index (χ1n) is 4.72. The van der Waals surface area contributed by atoms with E-state index >= 15 is 0 Å². The minimum atomic E-state index is -5.20. The van der Waals surface area contributed by atoms with Crippen LogP contribution < -0.4 is 11.5 Å². The van der Waals surface area contributed by atoms with Crippen LogP contribution >= 0.6 is 15.2 Å². The first-order chi connectivity index (χ1) is 7.97. The second-order valence-corrected chi connectivity index (χ2v) is 8.01. The van der Waals surface area contributed by atoms with Gasteiger partial charge in [-0.25, -0.2) is 0 Å². The standard InChI is InChI=1S/C8H14N2O6P2/c9-7-3-1-6(2-4-7)5-8(10,17(11,12)13)18(14,15)16/h1-4H,5,9-10H2,(H2,11,12,13)(H2,14,15,16). The molecule has 0 saturated carbocycles. The lowest BCUT2D eigenvalue weighted by Gasteiger charge is -2.30. The molecule has 0 bridgehead atoms. The molecule has 0 aliphatic heterocycles. The predicted octanol–water partition coefficient (Wildman–Crippen LogP) is -0.221. The molecule has 0 aliphatic carbocycles. The SMILES string of the molecule is Nc1ccc(CC(N)(P(=O)(O)O)P(=O)(O)O)cc1. The van der Waals surface area contributed by atoms with Crippen LogP contribution in [0.25, 0.3) is 0 Å². The van der Waals surface area contributed by atoms with Crippen molar-refractivity contribution in [2.24, 2.45) is 5.73 Å². The summed E-state index contributed by atoms with van der Waals surface area (Å²) in [5, 5.41) is -2.93. The van der Waals surface area contributed by atoms with Crippen LogP contribution in [0.5, 0.6) is 0 Å². The molecular weight excluding hydrogens is 282 g/mol. The quantitative estimate of drug-likeness (QED) is 0.327. The summed E-state index contributed by atoms with van der Waals surface area (Å²) in [6, 6.07) is 5.66. The summed E-state index contributed by atoms with van der Waals surface area (Å²) in [4.78, 5) is 36.2. The number of hydrogen-bond donors (Lipinski definition) is 6. The van der Waals surface area contributed by atoms with Crippen molar-refractivity contribution in [3.8, 4) is 0 Å². The maximum absolute atomic E-state index is 11.2. The Morgan fingerprint density at radius 2 is 1.39 bits per heavy atom. The molecular formula is C8H14N2O6P2. The number of anilines is 1.